The smallest absolute Gasteiger partial charge is 0.252 e. The summed E-state index contributed by atoms with van der Waals surface area (Å²) in [6, 6.07) is 130. The Kier molecular flexibility index (Phi) is 19.3. The summed E-state index contributed by atoms with van der Waals surface area (Å²) in [7, 11) is 0. The molecule has 4 heterocycles. The Morgan fingerprint density at radius 2 is 0.669 bits per heavy atom. The molecule has 4 nitrogen and oxygen atoms in total. The molecule has 0 saturated heterocycles. The minimum Gasteiger partial charge on any atom is -0.455 e. The standard InChI is InChI=1S/C125H118BN3O/c1-118(2,3)82-56-47-77(48-57-82)98-70-88(122(13,14)15)71-99(78-49-58-83(59-50-78)119(4,5)6)115(98)128-106-67-55-81(92-42-34-43-96-94-40-30-33-46-111(94)130-117(92)96)69-104(106)126-103-66-64-91(127-105-45-32-29-41-97(105)112-107(127)68-65-95-93-39-28-31-44-102(93)125(113(95)112,86-35-24-22-25-36-86)87-37-26-23-27-38-87)76-108(103)129(110-75-90(124(19,20)21)74-109(128)114(110)126)116-100(79-51-60-84(61-52-79)120(7,8)9)72-89(123(16,17)18)73-101(116)80-53-62-85(63-54-80)121(10,11)12/h22-76H,1-21H3. The van der Waals surface area contributed by atoms with Crippen molar-refractivity contribution in [2.45, 2.75) is 189 Å². The molecular formula is C125H118BN3O. The van der Waals surface area contributed by atoms with Crippen LogP contribution < -0.4 is 26.2 Å². The summed E-state index contributed by atoms with van der Waals surface area (Å²) in [4.78, 5) is 5.56. The third-order valence-electron chi connectivity index (χ3n) is 28.8. The lowest BCUT2D eigenvalue weighted by atomic mass is 9.33. The topological polar surface area (TPSA) is 24.6 Å². The number of hydrogen-bond acceptors (Lipinski definition) is 3. The Labute approximate surface area is 770 Å². The molecule has 2 aromatic heterocycles. The Morgan fingerprint density at radius 1 is 0.262 bits per heavy atom. The van der Waals surface area contributed by atoms with Crippen LogP contribution in [0.1, 0.15) is 207 Å². The van der Waals surface area contributed by atoms with Crippen LogP contribution in [0.4, 0.5) is 34.1 Å². The van der Waals surface area contributed by atoms with Crippen LogP contribution in [0.3, 0.4) is 0 Å². The normalized spacial score (nSPS) is 13.9. The van der Waals surface area contributed by atoms with Crippen molar-refractivity contribution in [2.75, 3.05) is 9.80 Å². The van der Waals surface area contributed by atoms with Gasteiger partial charge in [-0.1, -0.05) is 406 Å². The highest BCUT2D eigenvalue weighted by molar-refractivity contribution is 7.00. The lowest BCUT2D eigenvalue weighted by Gasteiger charge is -2.47. The first-order chi connectivity index (χ1) is 61.9. The lowest BCUT2D eigenvalue weighted by Crippen LogP contribution is -2.61. The average molecular weight is 1690 g/mol. The van der Waals surface area contributed by atoms with Gasteiger partial charge in [0.2, 0.25) is 0 Å². The number of benzene rings is 16. The van der Waals surface area contributed by atoms with Gasteiger partial charge in [-0.15, -0.1) is 0 Å². The summed E-state index contributed by atoms with van der Waals surface area (Å²) >= 11 is 0. The van der Waals surface area contributed by atoms with Gasteiger partial charge in [-0.2, -0.15) is 0 Å². The molecule has 0 atom stereocenters. The van der Waals surface area contributed by atoms with Gasteiger partial charge in [-0.25, -0.2) is 0 Å². The van der Waals surface area contributed by atoms with Crippen LogP contribution >= 0.6 is 0 Å². The van der Waals surface area contributed by atoms with Crippen molar-refractivity contribution < 1.29 is 4.42 Å². The van der Waals surface area contributed by atoms with Crippen LogP contribution in [0.25, 0.3) is 116 Å². The molecule has 0 radical (unpaired) electrons. The number of aromatic nitrogens is 1. The van der Waals surface area contributed by atoms with E-state index in [1.807, 2.05) is 0 Å². The molecule has 1 aliphatic carbocycles. The third kappa shape index (κ3) is 13.6. The van der Waals surface area contributed by atoms with Gasteiger partial charge in [-0.05, 0) is 227 Å². The SMILES string of the molecule is CC(C)(C)c1ccc(-c2cc(C(C)(C)C)cc(-c3ccc(C(C)(C)C)cc3)c2N2c3ccc(-c4cccc5c4oc4ccccc45)cc3B3c4ccc(-n5c6ccccc6c6c7c(ccc65)-c5ccccc5C7(c5ccccc5)c5ccccc5)cc4N(c4c(-c5ccc(C(C)(C)C)cc5)cc(C(C)(C)C)cc4-c4ccc(C(C)(C)C)cc4)c4cc(C(C)(C)C)cc2c43)cc1. The first-order valence-corrected chi connectivity index (χ1v) is 47.0. The summed E-state index contributed by atoms with van der Waals surface area (Å²) in [5.74, 6) is 0. The number of fused-ring (bicyclic) bond motifs is 14. The number of hydrogen-bond donors (Lipinski definition) is 0. The highest BCUT2D eigenvalue weighted by atomic mass is 16.3. The van der Waals surface area contributed by atoms with Gasteiger partial charge in [0.25, 0.3) is 6.71 Å². The van der Waals surface area contributed by atoms with E-state index < -0.39 is 10.8 Å². The highest BCUT2D eigenvalue weighted by Crippen LogP contribution is 2.62. The minimum absolute atomic E-state index is 0.0808. The number of furan rings is 1. The zero-order valence-electron chi connectivity index (χ0n) is 79.6. The Morgan fingerprint density at radius 3 is 1.15 bits per heavy atom. The second-order valence-electron chi connectivity index (χ2n) is 44.5. The van der Waals surface area contributed by atoms with E-state index in [0.717, 1.165) is 117 Å². The fourth-order valence-corrected chi connectivity index (χ4v) is 21.6. The van der Waals surface area contributed by atoms with Gasteiger partial charge in [0.05, 0.1) is 27.8 Å². The second-order valence-corrected chi connectivity index (χ2v) is 44.5. The van der Waals surface area contributed by atoms with Crippen molar-refractivity contribution in [1.29, 1.82) is 0 Å². The van der Waals surface area contributed by atoms with Gasteiger partial charge in [-0.3, -0.25) is 0 Å². The summed E-state index contributed by atoms with van der Waals surface area (Å²) in [6.07, 6.45) is 0. The molecule has 16 aromatic carbocycles. The molecule has 5 heteroatoms. The van der Waals surface area contributed by atoms with E-state index in [-0.39, 0.29) is 39.2 Å². The molecular weight excluding hydrogens is 1570 g/mol. The molecule has 0 bridgehead atoms. The molecule has 21 rings (SSSR count). The molecule has 0 amide bonds. The summed E-state index contributed by atoms with van der Waals surface area (Å²) in [5, 5.41) is 4.65. The molecule has 0 N–H and O–H groups in total. The fraction of sp³-hybridized carbons (Fsp3) is 0.232. The van der Waals surface area contributed by atoms with E-state index in [0.29, 0.717) is 0 Å². The predicted molar refractivity (Wildman–Crippen MR) is 557 cm³/mol. The van der Waals surface area contributed by atoms with Crippen molar-refractivity contribution >= 4 is 101 Å². The zero-order valence-corrected chi connectivity index (χ0v) is 79.6. The van der Waals surface area contributed by atoms with Crippen molar-refractivity contribution in [2.24, 2.45) is 0 Å². The lowest BCUT2D eigenvalue weighted by molar-refractivity contribution is 0.589. The molecule has 0 saturated carbocycles. The van der Waals surface area contributed by atoms with E-state index in [1.165, 1.54) is 111 Å². The van der Waals surface area contributed by atoms with E-state index in [9.17, 15) is 0 Å². The van der Waals surface area contributed by atoms with E-state index in [1.54, 1.807) is 0 Å². The summed E-state index contributed by atoms with van der Waals surface area (Å²) in [6.45, 7) is 49.3. The minimum atomic E-state index is -0.676. The van der Waals surface area contributed by atoms with Gasteiger partial charge >= 0.3 is 0 Å². The van der Waals surface area contributed by atoms with Crippen molar-refractivity contribution in [1.82, 2.24) is 4.57 Å². The Hall–Kier alpha value is -13.2. The van der Waals surface area contributed by atoms with Gasteiger partial charge in [0.1, 0.15) is 11.2 Å². The van der Waals surface area contributed by atoms with Crippen molar-refractivity contribution in [3.8, 4) is 72.4 Å². The van der Waals surface area contributed by atoms with E-state index >= 15 is 0 Å². The van der Waals surface area contributed by atoms with Gasteiger partial charge in [0.15, 0.2) is 0 Å². The van der Waals surface area contributed by atoms with Crippen LogP contribution in [0.15, 0.2) is 338 Å². The Bertz CT molecular complexity index is 7380. The van der Waals surface area contributed by atoms with Crippen molar-refractivity contribution in [3.63, 3.8) is 0 Å². The van der Waals surface area contributed by atoms with Crippen LogP contribution in [0.5, 0.6) is 0 Å². The summed E-state index contributed by atoms with van der Waals surface area (Å²) in [5.41, 5.74) is 41.4. The Balaban J connectivity index is 0.946. The molecule has 642 valence electrons. The predicted octanol–water partition coefficient (Wildman–Crippen LogP) is 32.5. The fourth-order valence-electron chi connectivity index (χ4n) is 21.6. The van der Waals surface area contributed by atoms with E-state index in [4.69, 9.17) is 4.42 Å². The van der Waals surface area contributed by atoms with E-state index in [2.05, 4.69) is 493 Å². The highest BCUT2D eigenvalue weighted by Gasteiger charge is 2.50. The van der Waals surface area contributed by atoms with Crippen LogP contribution in [0, 0.1) is 0 Å². The summed E-state index contributed by atoms with van der Waals surface area (Å²) < 4.78 is 9.78. The molecule has 130 heavy (non-hydrogen) atoms. The average Bonchev–Trinajstić information content (AvgIpc) is 1.45. The monoisotopic (exact) mass is 1690 g/mol. The first-order valence-electron chi connectivity index (χ1n) is 47.0. The molecule has 0 unspecified atom stereocenters. The number of para-hydroxylation sites is 3. The quantitative estimate of drug-likeness (QED) is 0.128. The maximum absolute atomic E-state index is 7.16. The molecule has 0 fully saturated rings. The van der Waals surface area contributed by atoms with Crippen LogP contribution in [0.2, 0.25) is 0 Å². The zero-order chi connectivity index (χ0) is 90.6. The number of nitrogens with zero attached hydrogens (tertiary/aromatic N) is 3. The van der Waals surface area contributed by atoms with Gasteiger partial charge in [0, 0.05) is 77.8 Å². The number of anilines is 6. The largest absolute Gasteiger partial charge is 0.455 e. The maximum Gasteiger partial charge on any atom is 0.252 e. The second kappa shape index (κ2) is 29.9. The maximum atomic E-state index is 7.16. The molecule has 0 spiro atoms. The number of rotatable bonds is 10. The third-order valence-corrected chi connectivity index (χ3v) is 28.8. The van der Waals surface area contributed by atoms with Gasteiger partial charge < -0.3 is 18.8 Å². The van der Waals surface area contributed by atoms with Crippen LogP contribution in [-0.2, 0) is 43.3 Å². The molecule has 3 aliphatic rings. The molecule has 18 aromatic rings. The van der Waals surface area contributed by atoms with Crippen LogP contribution in [-0.4, -0.2) is 11.3 Å². The van der Waals surface area contributed by atoms with Crippen molar-refractivity contribution in [3.05, 3.63) is 395 Å². The first kappa shape index (κ1) is 83.7. The molecule has 2 aliphatic heterocycles.